The molecule has 1 heterocycles. The first-order chi connectivity index (χ1) is 8.31. The third-order valence-corrected chi connectivity index (χ3v) is 2.12. The first-order valence-corrected chi connectivity index (χ1v) is 5.01. The van der Waals surface area contributed by atoms with Crippen molar-refractivity contribution in [3.63, 3.8) is 0 Å². The van der Waals surface area contributed by atoms with Gasteiger partial charge in [-0.2, -0.15) is 0 Å². The molecule has 2 rings (SSSR count). The summed E-state index contributed by atoms with van der Waals surface area (Å²) >= 11 is 0. The number of aromatic nitrogens is 2. The van der Waals surface area contributed by atoms with E-state index in [0.717, 1.165) is 11.4 Å². The smallest absolute Gasteiger partial charge is 0.160 e. The maximum Gasteiger partial charge on any atom is 0.160 e. The van der Waals surface area contributed by atoms with Gasteiger partial charge in [0.15, 0.2) is 11.6 Å². The maximum atomic E-state index is 5.26. The third kappa shape index (κ3) is 2.82. The topological polar surface area (TPSA) is 85.1 Å². The van der Waals surface area contributed by atoms with Crippen molar-refractivity contribution >= 4 is 17.3 Å². The highest BCUT2D eigenvalue weighted by molar-refractivity contribution is 5.58. The number of methoxy groups -OCH3 is 1. The Hall–Kier alpha value is -2.34. The minimum atomic E-state index is 0.498. The summed E-state index contributed by atoms with van der Waals surface area (Å²) in [6.07, 6.45) is 3.15. The number of hydrogen-bond donors (Lipinski definition) is 3. The van der Waals surface area contributed by atoms with Crippen LogP contribution in [0.4, 0.5) is 17.3 Å². The van der Waals surface area contributed by atoms with Crippen LogP contribution in [0.3, 0.4) is 0 Å². The second kappa shape index (κ2) is 5.13. The van der Waals surface area contributed by atoms with Crippen LogP contribution < -0.4 is 21.3 Å². The van der Waals surface area contributed by atoms with Gasteiger partial charge in [-0.15, -0.1) is 0 Å². The van der Waals surface area contributed by atoms with Gasteiger partial charge in [0.05, 0.1) is 19.5 Å². The standard InChI is InChI=1S/C11H13N5O/c1-17-9-4-2-3-8(5-9)14-10-6-13-7-11(15-10)16-12/h2-7H,12H2,1H3,(H2,14,15,16). The average Bonchev–Trinajstić information content (AvgIpc) is 2.39. The second-order valence-corrected chi connectivity index (χ2v) is 3.29. The summed E-state index contributed by atoms with van der Waals surface area (Å²) < 4.78 is 5.13. The summed E-state index contributed by atoms with van der Waals surface area (Å²) in [5.41, 5.74) is 3.31. The second-order valence-electron chi connectivity index (χ2n) is 3.29. The predicted octanol–water partition coefficient (Wildman–Crippen LogP) is 1.51. The third-order valence-electron chi connectivity index (χ3n) is 2.12. The summed E-state index contributed by atoms with van der Waals surface area (Å²) in [5.74, 6) is 7.13. The molecule has 0 amide bonds. The first kappa shape index (κ1) is 11.2. The first-order valence-electron chi connectivity index (χ1n) is 5.01. The average molecular weight is 231 g/mol. The van der Waals surface area contributed by atoms with Gasteiger partial charge in [0.2, 0.25) is 0 Å². The van der Waals surface area contributed by atoms with E-state index < -0.39 is 0 Å². The molecule has 0 saturated carbocycles. The molecule has 1 aromatic heterocycles. The molecule has 6 heteroatoms. The Bertz CT molecular complexity index is 457. The fourth-order valence-corrected chi connectivity index (χ4v) is 1.34. The number of benzene rings is 1. The van der Waals surface area contributed by atoms with Crippen LogP contribution in [0, 0.1) is 0 Å². The summed E-state index contributed by atoms with van der Waals surface area (Å²) in [6, 6.07) is 7.53. The molecule has 2 aromatic rings. The molecular weight excluding hydrogens is 218 g/mol. The summed E-state index contributed by atoms with van der Waals surface area (Å²) in [4.78, 5) is 8.19. The Morgan fingerprint density at radius 3 is 2.82 bits per heavy atom. The number of ether oxygens (including phenoxy) is 1. The molecule has 0 aliphatic carbocycles. The Morgan fingerprint density at radius 2 is 2.06 bits per heavy atom. The van der Waals surface area contributed by atoms with Crippen LogP contribution in [-0.4, -0.2) is 17.1 Å². The summed E-state index contributed by atoms with van der Waals surface area (Å²) in [7, 11) is 1.62. The Kier molecular flexibility index (Phi) is 3.37. The van der Waals surface area contributed by atoms with Crippen LogP contribution in [-0.2, 0) is 0 Å². The molecule has 0 unspecified atom stereocenters. The number of nitrogens with one attached hydrogen (secondary N) is 2. The van der Waals surface area contributed by atoms with Gasteiger partial charge in [-0.3, -0.25) is 4.98 Å². The van der Waals surface area contributed by atoms with Crippen molar-refractivity contribution in [2.24, 2.45) is 5.84 Å². The predicted molar refractivity (Wildman–Crippen MR) is 66.1 cm³/mol. The van der Waals surface area contributed by atoms with E-state index in [1.54, 1.807) is 13.3 Å². The molecule has 0 radical (unpaired) electrons. The van der Waals surface area contributed by atoms with E-state index in [2.05, 4.69) is 20.7 Å². The lowest BCUT2D eigenvalue weighted by Crippen LogP contribution is -2.09. The molecule has 4 N–H and O–H groups in total. The number of anilines is 3. The highest BCUT2D eigenvalue weighted by Gasteiger charge is 1.99. The monoisotopic (exact) mass is 231 g/mol. The zero-order valence-corrected chi connectivity index (χ0v) is 9.34. The molecule has 0 aliphatic rings. The minimum absolute atomic E-state index is 0.498. The summed E-state index contributed by atoms with van der Waals surface area (Å²) in [6.45, 7) is 0. The lowest BCUT2D eigenvalue weighted by atomic mass is 10.3. The minimum Gasteiger partial charge on any atom is -0.497 e. The SMILES string of the molecule is COc1cccc(Nc2cncc(NN)n2)c1. The number of rotatable bonds is 4. The van der Waals surface area contributed by atoms with Crippen molar-refractivity contribution in [3.8, 4) is 5.75 Å². The molecule has 88 valence electrons. The van der Waals surface area contributed by atoms with Crippen molar-refractivity contribution in [2.45, 2.75) is 0 Å². The fraction of sp³-hybridized carbons (Fsp3) is 0.0909. The highest BCUT2D eigenvalue weighted by atomic mass is 16.5. The van der Waals surface area contributed by atoms with E-state index in [-0.39, 0.29) is 0 Å². The normalized spacial score (nSPS) is 9.76. The van der Waals surface area contributed by atoms with Crippen LogP contribution in [0.15, 0.2) is 36.7 Å². The zero-order chi connectivity index (χ0) is 12.1. The number of nitrogen functional groups attached to an aromatic ring is 1. The van der Waals surface area contributed by atoms with Crippen LogP contribution in [0.25, 0.3) is 0 Å². The van der Waals surface area contributed by atoms with Gasteiger partial charge in [0.1, 0.15) is 5.75 Å². The summed E-state index contributed by atoms with van der Waals surface area (Å²) in [5, 5.41) is 3.10. The highest BCUT2D eigenvalue weighted by Crippen LogP contribution is 2.20. The van der Waals surface area contributed by atoms with Crippen LogP contribution in [0.1, 0.15) is 0 Å². The Morgan fingerprint density at radius 1 is 1.24 bits per heavy atom. The van der Waals surface area contributed by atoms with Crippen molar-refractivity contribution < 1.29 is 4.74 Å². The van der Waals surface area contributed by atoms with Crippen molar-refractivity contribution in [2.75, 3.05) is 17.9 Å². The van der Waals surface area contributed by atoms with E-state index in [4.69, 9.17) is 10.6 Å². The van der Waals surface area contributed by atoms with Crippen molar-refractivity contribution in [1.29, 1.82) is 0 Å². The Balaban J connectivity index is 2.18. The van der Waals surface area contributed by atoms with Gasteiger partial charge >= 0.3 is 0 Å². The lowest BCUT2D eigenvalue weighted by molar-refractivity contribution is 0.415. The largest absolute Gasteiger partial charge is 0.497 e. The Labute approximate surface area is 98.8 Å². The van der Waals surface area contributed by atoms with Crippen LogP contribution >= 0.6 is 0 Å². The molecule has 0 spiro atoms. The number of hydrogen-bond acceptors (Lipinski definition) is 6. The number of nitrogens with zero attached hydrogens (tertiary/aromatic N) is 2. The number of nitrogens with two attached hydrogens (primary N) is 1. The van der Waals surface area contributed by atoms with Gasteiger partial charge in [-0.25, -0.2) is 10.8 Å². The zero-order valence-electron chi connectivity index (χ0n) is 9.34. The van der Waals surface area contributed by atoms with E-state index in [1.165, 1.54) is 6.20 Å². The molecule has 17 heavy (non-hydrogen) atoms. The molecular formula is C11H13N5O. The quantitative estimate of drug-likeness (QED) is 0.546. The van der Waals surface area contributed by atoms with E-state index in [0.29, 0.717) is 11.6 Å². The van der Waals surface area contributed by atoms with Crippen molar-refractivity contribution in [3.05, 3.63) is 36.7 Å². The van der Waals surface area contributed by atoms with Crippen molar-refractivity contribution in [1.82, 2.24) is 9.97 Å². The fourth-order valence-electron chi connectivity index (χ4n) is 1.34. The number of hydrazine groups is 1. The molecule has 0 fully saturated rings. The van der Waals surface area contributed by atoms with Gasteiger partial charge in [0.25, 0.3) is 0 Å². The van der Waals surface area contributed by atoms with Gasteiger partial charge < -0.3 is 15.5 Å². The van der Waals surface area contributed by atoms with Crippen LogP contribution in [0.2, 0.25) is 0 Å². The van der Waals surface area contributed by atoms with Gasteiger partial charge in [-0.1, -0.05) is 6.07 Å². The lowest BCUT2D eigenvalue weighted by Gasteiger charge is -2.07. The van der Waals surface area contributed by atoms with Gasteiger partial charge in [0, 0.05) is 11.8 Å². The molecule has 1 aromatic carbocycles. The molecule has 0 atom stereocenters. The van der Waals surface area contributed by atoms with E-state index in [9.17, 15) is 0 Å². The molecule has 0 saturated heterocycles. The molecule has 0 aliphatic heterocycles. The molecule has 6 nitrogen and oxygen atoms in total. The van der Waals surface area contributed by atoms with Crippen LogP contribution in [0.5, 0.6) is 5.75 Å². The molecule has 0 bridgehead atoms. The van der Waals surface area contributed by atoms with Gasteiger partial charge in [-0.05, 0) is 12.1 Å². The van der Waals surface area contributed by atoms with E-state index in [1.807, 2.05) is 24.3 Å². The van der Waals surface area contributed by atoms with E-state index >= 15 is 0 Å². The maximum absolute atomic E-state index is 5.26.